The molecule has 1 aliphatic carbocycles. The number of carbonyl (C=O) groups is 1. The summed E-state index contributed by atoms with van der Waals surface area (Å²) in [7, 11) is 0. The summed E-state index contributed by atoms with van der Waals surface area (Å²) >= 11 is 5.95. The predicted molar refractivity (Wildman–Crippen MR) is 84.3 cm³/mol. The first kappa shape index (κ1) is 15.1. The Morgan fingerprint density at radius 3 is 2.86 bits per heavy atom. The van der Waals surface area contributed by atoms with Crippen molar-refractivity contribution in [3.63, 3.8) is 0 Å². The minimum atomic E-state index is -0.759. The van der Waals surface area contributed by atoms with Crippen LogP contribution < -0.4 is 5.32 Å². The Labute approximate surface area is 133 Å². The highest BCUT2D eigenvalue weighted by atomic mass is 35.5. The molecule has 0 radical (unpaired) electrons. The van der Waals surface area contributed by atoms with Gasteiger partial charge in [-0.2, -0.15) is 5.10 Å². The SMILES string of the molecule is O=C(NCC1(O)CCCC1)c1ccn(-c2cccc(Cl)c2)n1. The lowest BCUT2D eigenvalue weighted by Crippen LogP contribution is -2.40. The van der Waals surface area contributed by atoms with Gasteiger partial charge in [0.25, 0.3) is 5.91 Å². The molecule has 1 aliphatic rings. The van der Waals surface area contributed by atoms with Crippen LogP contribution in [0, 0.1) is 0 Å². The third-order valence-corrected chi connectivity index (χ3v) is 4.24. The normalized spacial score (nSPS) is 16.6. The number of benzene rings is 1. The van der Waals surface area contributed by atoms with Gasteiger partial charge in [-0.05, 0) is 37.1 Å². The van der Waals surface area contributed by atoms with Gasteiger partial charge in [0.15, 0.2) is 5.69 Å². The maximum absolute atomic E-state index is 12.1. The predicted octanol–water partition coefficient (Wildman–Crippen LogP) is 2.56. The topological polar surface area (TPSA) is 67.2 Å². The molecule has 0 saturated heterocycles. The number of hydrogen-bond acceptors (Lipinski definition) is 3. The molecule has 0 bridgehead atoms. The molecular weight excluding hydrogens is 302 g/mol. The van der Waals surface area contributed by atoms with Crippen LogP contribution in [-0.2, 0) is 0 Å². The van der Waals surface area contributed by atoms with E-state index in [0.29, 0.717) is 10.7 Å². The number of rotatable bonds is 4. The monoisotopic (exact) mass is 319 g/mol. The molecule has 5 nitrogen and oxygen atoms in total. The fourth-order valence-electron chi connectivity index (χ4n) is 2.75. The van der Waals surface area contributed by atoms with Gasteiger partial charge in [0.2, 0.25) is 0 Å². The highest BCUT2D eigenvalue weighted by molar-refractivity contribution is 6.30. The summed E-state index contributed by atoms with van der Waals surface area (Å²) in [5, 5.41) is 17.9. The smallest absolute Gasteiger partial charge is 0.271 e. The van der Waals surface area contributed by atoms with E-state index in [0.717, 1.165) is 31.4 Å². The molecule has 3 rings (SSSR count). The van der Waals surface area contributed by atoms with Gasteiger partial charge >= 0.3 is 0 Å². The second-order valence-electron chi connectivity index (χ2n) is 5.74. The van der Waals surface area contributed by atoms with E-state index in [9.17, 15) is 9.90 Å². The molecule has 1 amide bonds. The largest absolute Gasteiger partial charge is 0.388 e. The average Bonchev–Trinajstić information content (AvgIpc) is 3.15. The minimum Gasteiger partial charge on any atom is -0.388 e. The summed E-state index contributed by atoms with van der Waals surface area (Å²) in [5.41, 5.74) is 0.355. The maximum atomic E-state index is 12.1. The van der Waals surface area contributed by atoms with E-state index in [1.165, 1.54) is 0 Å². The lowest BCUT2D eigenvalue weighted by molar-refractivity contribution is 0.0448. The Hall–Kier alpha value is -1.85. The van der Waals surface area contributed by atoms with Gasteiger partial charge in [-0.1, -0.05) is 30.5 Å². The molecule has 2 N–H and O–H groups in total. The first-order valence-corrected chi connectivity index (χ1v) is 7.76. The molecule has 1 aromatic heterocycles. The highest BCUT2D eigenvalue weighted by Gasteiger charge is 2.31. The van der Waals surface area contributed by atoms with Gasteiger partial charge in [0, 0.05) is 17.8 Å². The molecule has 1 saturated carbocycles. The van der Waals surface area contributed by atoms with Crippen molar-refractivity contribution in [2.24, 2.45) is 0 Å². The van der Waals surface area contributed by atoms with Crippen molar-refractivity contribution in [3.05, 3.63) is 47.2 Å². The molecule has 6 heteroatoms. The van der Waals surface area contributed by atoms with E-state index in [2.05, 4.69) is 10.4 Å². The van der Waals surface area contributed by atoms with Crippen LogP contribution in [0.15, 0.2) is 36.5 Å². The third-order valence-electron chi connectivity index (χ3n) is 4.01. The Kier molecular flexibility index (Phi) is 4.18. The van der Waals surface area contributed by atoms with E-state index in [-0.39, 0.29) is 12.5 Å². The number of aliphatic hydroxyl groups is 1. The van der Waals surface area contributed by atoms with Crippen molar-refractivity contribution in [2.45, 2.75) is 31.3 Å². The molecule has 1 fully saturated rings. The van der Waals surface area contributed by atoms with E-state index in [4.69, 9.17) is 11.6 Å². The van der Waals surface area contributed by atoms with Crippen LogP contribution >= 0.6 is 11.6 Å². The summed E-state index contributed by atoms with van der Waals surface area (Å²) in [6.07, 6.45) is 5.21. The summed E-state index contributed by atoms with van der Waals surface area (Å²) in [6, 6.07) is 8.90. The second kappa shape index (κ2) is 6.10. The number of aromatic nitrogens is 2. The average molecular weight is 320 g/mol. The van der Waals surface area contributed by atoms with E-state index in [1.54, 1.807) is 29.1 Å². The van der Waals surface area contributed by atoms with Crippen LogP contribution in [0.2, 0.25) is 5.02 Å². The Morgan fingerprint density at radius 1 is 1.36 bits per heavy atom. The number of halogens is 1. The number of amides is 1. The molecule has 1 aromatic carbocycles. The Balaban J connectivity index is 1.67. The summed E-state index contributed by atoms with van der Waals surface area (Å²) in [4.78, 5) is 12.1. The molecule has 2 aromatic rings. The highest BCUT2D eigenvalue weighted by Crippen LogP contribution is 2.28. The number of nitrogens with zero attached hydrogens (tertiary/aromatic N) is 2. The summed E-state index contributed by atoms with van der Waals surface area (Å²) in [6.45, 7) is 0.274. The maximum Gasteiger partial charge on any atom is 0.271 e. The van der Waals surface area contributed by atoms with E-state index in [1.807, 2.05) is 12.1 Å². The van der Waals surface area contributed by atoms with Gasteiger partial charge in [0.05, 0.1) is 11.3 Å². The lowest BCUT2D eigenvalue weighted by atomic mass is 10.0. The molecule has 116 valence electrons. The summed E-state index contributed by atoms with van der Waals surface area (Å²) in [5.74, 6) is -0.277. The minimum absolute atomic E-state index is 0.274. The van der Waals surface area contributed by atoms with Crippen LogP contribution in [0.3, 0.4) is 0 Å². The van der Waals surface area contributed by atoms with Crippen LogP contribution in [-0.4, -0.2) is 32.9 Å². The molecule has 0 spiro atoms. The van der Waals surface area contributed by atoms with Crippen LogP contribution in [0.4, 0.5) is 0 Å². The fourth-order valence-corrected chi connectivity index (χ4v) is 2.94. The van der Waals surface area contributed by atoms with Crippen molar-refractivity contribution >= 4 is 17.5 Å². The first-order chi connectivity index (χ1) is 10.6. The fraction of sp³-hybridized carbons (Fsp3) is 0.375. The van der Waals surface area contributed by atoms with Gasteiger partial charge in [-0.3, -0.25) is 4.79 Å². The third kappa shape index (κ3) is 3.31. The van der Waals surface area contributed by atoms with E-state index < -0.39 is 5.60 Å². The Bertz CT molecular complexity index is 678. The van der Waals surface area contributed by atoms with Gasteiger partial charge < -0.3 is 10.4 Å². The van der Waals surface area contributed by atoms with Gasteiger partial charge in [-0.25, -0.2) is 4.68 Å². The zero-order chi connectivity index (χ0) is 15.6. The van der Waals surface area contributed by atoms with Crippen LogP contribution in [0.25, 0.3) is 5.69 Å². The van der Waals surface area contributed by atoms with Crippen molar-refractivity contribution < 1.29 is 9.90 Å². The molecule has 0 atom stereocenters. The number of nitrogens with one attached hydrogen (secondary N) is 1. The zero-order valence-electron chi connectivity index (χ0n) is 12.1. The number of carbonyl (C=O) groups excluding carboxylic acids is 1. The Morgan fingerprint density at radius 2 is 2.14 bits per heavy atom. The number of hydrogen-bond donors (Lipinski definition) is 2. The molecule has 22 heavy (non-hydrogen) atoms. The van der Waals surface area contributed by atoms with Crippen LogP contribution in [0.5, 0.6) is 0 Å². The van der Waals surface area contributed by atoms with Crippen molar-refractivity contribution in [2.75, 3.05) is 6.54 Å². The molecule has 1 heterocycles. The first-order valence-electron chi connectivity index (χ1n) is 7.38. The lowest BCUT2D eigenvalue weighted by Gasteiger charge is -2.21. The molecule has 0 unspecified atom stereocenters. The van der Waals surface area contributed by atoms with Crippen LogP contribution in [0.1, 0.15) is 36.2 Å². The molecule has 0 aliphatic heterocycles. The van der Waals surface area contributed by atoms with Crippen molar-refractivity contribution in [1.29, 1.82) is 0 Å². The zero-order valence-corrected chi connectivity index (χ0v) is 12.9. The van der Waals surface area contributed by atoms with Gasteiger partial charge in [-0.15, -0.1) is 0 Å². The molecular formula is C16H18ClN3O2. The quantitative estimate of drug-likeness (QED) is 0.910. The standard InChI is InChI=1S/C16H18ClN3O2/c17-12-4-3-5-13(10-12)20-9-6-14(19-20)15(21)18-11-16(22)7-1-2-8-16/h3-6,9-10,22H,1-2,7-8,11H2,(H,18,21). The van der Waals surface area contributed by atoms with E-state index >= 15 is 0 Å². The van der Waals surface area contributed by atoms with Gasteiger partial charge in [0.1, 0.15) is 0 Å². The second-order valence-corrected chi connectivity index (χ2v) is 6.18. The van der Waals surface area contributed by atoms with Crippen molar-refractivity contribution in [1.82, 2.24) is 15.1 Å². The summed E-state index contributed by atoms with van der Waals surface area (Å²) < 4.78 is 1.60. The van der Waals surface area contributed by atoms with Crippen molar-refractivity contribution in [3.8, 4) is 5.69 Å².